The maximum atomic E-state index is 12.9. The number of hydrogen-bond donors (Lipinski definition) is 8. The number of rotatable bonds is 20. The molecule has 2 fully saturated rings. The van der Waals surface area contributed by atoms with Crippen LogP contribution in [0.3, 0.4) is 0 Å². The van der Waals surface area contributed by atoms with Crippen molar-refractivity contribution in [1.82, 2.24) is 16.0 Å². The van der Waals surface area contributed by atoms with Crippen LogP contribution in [0.1, 0.15) is 76.3 Å². The molecule has 1 aromatic rings. The molecule has 1 aliphatic heterocycles. The highest BCUT2D eigenvalue weighted by molar-refractivity contribution is 5.74. The predicted octanol–water partition coefficient (Wildman–Crippen LogP) is 4.90. The van der Waals surface area contributed by atoms with Crippen molar-refractivity contribution in [3.05, 3.63) is 106 Å². The van der Waals surface area contributed by atoms with Gasteiger partial charge in [-0.15, -0.1) is 0 Å². The number of benzene rings is 1. The van der Waals surface area contributed by atoms with Crippen molar-refractivity contribution >= 4 is 6.29 Å². The van der Waals surface area contributed by atoms with Crippen molar-refractivity contribution in [3.8, 4) is 0 Å². The first-order valence-electron chi connectivity index (χ1n) is 22.9. The standard InChI is InChI=1S/C51H77N3O8/c1-35(41-14-13-36(2)48(59)54-49(20-23-52-4,22-27-61-6)31-39-11-8-10-38(29-39)30-41)9-7-12-43(34-62-28-26-56)44-17-19-51(47(44)58)46-40(18-25-55)15-16-42(45(46)37(3)33-57)32-50(51,60)21-24-53-5/h7-13,15-16,29,33,40-42,44,46-48,52-56,58-60H,1,14,17-28,30-32,34H2,2-6H3/b9-7+,36-13+,43-12-,45-37?/t40-,41-,42-,44-,46-,47+,48+,49-,50+,51+/m0/s1. The largest absolute Gasteiger partial charge is 0.396 e. The van der Waals surface area contributed by atoms with E-state index in [-0.39, 0.29) is 61.6 Å². The van der Waals surface area contributed by atoms with Crippen molar-refractivity contribution in [2.24, 2.45) is 35.0 Å². The number of aldehydes is 1. The van der Waals surface area contributed by atoms with E-state index in [2.05, 4.69) is 65.0 Å². The minimum atomic E-state index is -1.25. The van der Waals surface area contributed by atoms with Gasteiger partial charge in [0.1, 0.15) is 12.5 Å². The quantitative estimate of drug-likeness (QED) is 0.0295. The van der Waals surface area contributed by atoms with Gasteiger partial charge in [-0.1, -0.05) is 78.4 Å². The Morgan fingerprint density at radius 3 is 2.52 bits per heavy atom. The summed E-state index contributed by atoms with van der Waals surface area (Å²) in [5.41, 5.74) is 4.06. The molecule has 11 nitrogen and oxygen atoms in total. The molecule has 0 amide bonds. The van der Waals surface area contributed by atoms with Crippen molar-refractivity contribution in [2.45, 2.75) is 102 Å². The Morgan fingerprint density at radius 1 is 1.05 bits per heavy atom. The first-order valence-corrected chi connectivity index (χ1v) is 22.9. The fourth-order valence-electron chi connectivity index (χ4n) is 11.5. The van der Waals surface area contributed by atoms with Crippen LogP contribution >= 0.6 is 0 Å². The number of nitrogens with one attached hydrogen (secondary N) is 3. The first kappa shape index (κ1) is 49.9. The summed E-state index contributed by atoms with van der Waals surface area (Å²) in [6.07, 6.45) is 17.6. The lowest BCUT2D eigenvalue weighted by Crippen LogP contribution is -2.65. The predicted molar refractivity (Wildman–Crippen MR) is 246 cm³/mol. The monoisotopic (exact) mass is 860 g/mol. The van der Waals surface area contributed by atoms with E-state index in [1.807, 2.05) is 46.2 Å². The van der Waals surface area contributed by atoms with E-state index in [4.69, 9.17) is 9.47 Å². The topological polar surface area (TPSA) is 173 Å². The number of methoxy groups -OCH3 is 1. The summed E-state index contributed by atoms with van der Waals surface area (Å²) in [4.78, 5) is 12.4. The molecule has 1 aromatic carbocycles. The molecule has 2 saturated carbocycles. The zero-order valence-corrected chi connectivity index (χ0v) is 38.1. The van der Waals surface area contributed by atoms with Crippen molar-refractivity contribution in [2.75, 3.05) is 67.3 Å². The maximum Gasteiger partial charge on any atom is 0.145 e. The molecule has 10 atom stereocenters. The molecular formula is C51H77N3O8. The lowest BCUT2D eigenvalue weighted by Gasteiger charge is -2.61. The fraction of sp³-hybridized carbons (Fsp3) is 0.627. The number of carbonyl (C=O) groups is 1. The van der Waals surface area contributed by atoms with Gasteiger partial charge in [0, 0.05) is 43.1 Å². The molecule has 11 heteroatoms. The molecule has 62 heavy (non-hydrogen) atoms. The molecule has 0 radical (unpaired) electrons. The van der Waals surface area contributed by atoms with Crippen LogP contribution in [0.5, 0.6) is 0 Å². The summed E-state index contributed by atoms with van der Waals surface area (Å²) in [5, 5.41) is 67.4. The lowest BCUT2D eigenvalue weighted by molar-refractivity contribution is -0.194. The smallest absolute Gasteiger partial charge is 0.145 e. The zero-order chi connectivity index (χ0) is 44.9. The van der Waals surface area contributed by atoms with Crippen LogP contribution in [0.2, 0.25) is 0 Å². The number of aliphatic hydroxyl groups is 5. The summed E-state index contributed by atoms with van der Waals surface area (Å²) in [7, 11) is 5.53. The molecule has 4 bridgehead atoms. The highest BCUT2D eigenvalue weighted by Gasteiger charge is 2.68. The van der Waals surface area contributed by atoms with Crippen LogP contribution in [-0.4, -0.2) is 123 Å². The highest BCUT2D eigenvalue weighted by atomic mass is 16.5. The van der Waals surface area contributed by atoms with E-state index >= 15 is 0 Å². The Hall–Kier alpha value is -3.07. The molecule has 344 valence electrons. The summed E-state index contributed by atoms with van der Waals surface area (Å²) in [6.45, 7) is 10.5. The van der Waals surface area contributed by atoms with Gasteiger partial charge in [0.25, 0.3) is 0 Å². The molecule has 1 heterocycles. The Kier molecular flexibility index (Phi) is 18.7. The molecule has 0 saturated heterocycles. The minimum absolute atomic E-state index is 0.0416. The van der Waals surface area contributed by atoms with Gasteiger partial charge in [-0.25, -0.2) is 0 Å². The molecule has 0 aromatic heterocycles. The van der Waals surface area contributed by atoms with Gasteiger partial charge in [-0.2, -0.15) is 0 Å². The van der Waals surface area contributed by atoms with Gasteiger partial charge >= 0.3 is 0 Å². The molecular weight excluding hydrogens is 783 g/mol. The Bertz CT molecular complexity index is 1800. The second kappa shape index (κ2) is 23.2. The van der Waals surface area contributed by atoms with E-state index in [1.165, 1.54) is 11.1 Å². The van der Waals surface area contributed by atoms with Crippen LogP contribution in [0.4, 0.5) is 0 Å². The maximum absolute atomic E-state index is 12.9. The van der Waals surface area contributed by atoms with Crippen LogP contribution in [0.15, 0.2) is 95.2 Å². The molecule has 5 rings (SSSR count). The summed E-state index contributed by atoms with van der Waals surface area (Å²) in [5.74, 6) is -0.948. The van der Waals surface area contributed by atoms with Crippen molar-refractivity contribution in [1.29, 1.82) is 0 Å². The lowest BCUT2D eigenvalue weighted by atomic mass is 9.45. The number of allylic oxidation sites excluding steroid dienone is 9. The van der Waals surface area contributed by atoms with Crippen molar-refractivity contribution < 1.29 is 39.8 Å². The van der Waals surface area contributed by atoms with Gasteiger partial charge in [-0.05, 0) is 151 Å². The highest BCUT2D eigenvalue weighted by Crippen LogP contribution is 2.67. The van der Waals surface area contributed by atoms with Gasteiger partial charge < -0.3 is 45.6 Å². The fourth-order valence-corrected chi connectivity index (χ4v) is 11.5. The molecule has 8 N–H and O–H groups in total. The number of carbonyl (C=O) groups excluding carboxylic acids is 1. The second-order valence-corrected chi connectivity index (χ2v) is 18.6. The second-order valence-electron chi connectivity index (χ2n) is 18.6. The summed E-state index contributed by atoms with van der Waals surface area (Å²) >= 11 is 0. The molecule has 0 unspecified atom stereocenters. The Labute approximate surface area is 371 Å². The summed E-state index contributed by atoms with van der Waals surface area (Å²) < 4.78 is 11.5. The number of fused-ring (bicyclic) bond motifs is 5. The van der Waals surface area contributed by atoms with Crippen LogP contribution < -0.4 is 16.0 Å². The van der Waals surface area contributed by atoms with Gasteiger partial charge in [0.15, 0.2) is 0 Å². The third-order valence-electron chi connectivity index (χ3n) is 14.8. The Morgan fingerprint density at radius 2 is 1.81 bits per heavy atom. The SMILES string of the molecule is C=C(/C=C/C=C(/COCCO)[C@@H]1CC[C@]2([C@@H]1O)[C@@H]1C(=C(C)C=O)[C@@H](C=C[C@H]1CCO)C[C@]2(O)CCNC)[C@H]1C/C=C(\C)[C@@H](O)N[C@@](CCNC)(CCOC)Cc2cccc(c2)C1. The Balaban J connectivity index is 1.48. The zero-order valence-electron chi connectivity index (χ0n) is 38.1. The molecule has 3 aliphatic carbocycles. The van der Waals surface area contributed by atoms with Crippen LogP contribution in [0, 0.1) is 35.0 Å². The van der Waals surface area contributed by atoms with E-state index < -0.39 is 23.3 Å². The normalized spacial score (nSPS) is 34.5. The average Bonchev–Trinajstić information content (AvgIpc) is 3.61. The summed E-state index contributed by atoms with van der Waals surface area (Å²) in [6, 6.07) is 8.73. The van der Waals surface area contributed by atoms with Gasteiger partial charge in [0.2, 0.25) is 0 Å². The number of hydrogen-bond acceptors (Lipinski definition) is 11. The van der Waals surface area contributed by atoms with E-state index in [0.29, 0.717) is 57.2 Å². The third-order valence-corrected chi connectivity index (χ3v) is 14.8. The van der Waals surface area contributed by atoms with E-state index in [9.17, 15) is 30.3 Å². The average molecular weight is 860 g/mol. The van der Waals surface area contributed by atoms with Crippen molar-refractivity contribution in [3.63, 3.8) is 0 Å². The van der Waals surface area contributed by atoms with Crippen LogP contribution in [0.25, 0.3) is 0 Å². The van der Waals surface area contributed by atoms with E-state index in [0.717, 1.165) is 60.8 Å². The number of ether oxygens (including phenoxy) is 2. The third kappa shape index (κ3) is 11.2. The number of aliphatic hydroxyl groups excluding tert-OH is 4. The van der Waals surface area contributed by atoms with E-state index in [1.54, 1.807) is 7.11 Å². The van der Waals surface area contributed by atoms with Gasteiger partial charge in [0.05, 0.1) is 31.5 Å². The first-order chi connectivity index (χ1) is 29.9. The molecule has 4 aliphatic rings. The molecule has 1 spiro atoms. The van der Waals surface area contributed by atoms with Crippen LogP contribution in [-0.2, 0) is 27.1 Å². The van der Waals surface area contributed by atoms with Gasteiger partial charge in [-0.3, -0.25) is 10.1 Å². The minimum Gasteiger partial charge on any atom is -0.396 e.